The molecule has 0 aliphatic heterocycles. The van der Waals surface area contributed by atoms with Gasteiger partial charge in [-0.3, -0.25) is 4.68 Å². The second-order valence-electron chi connectivity index (χ2n) is 5.07. The molecule has 0 saturated carbocycles. The van der Waals surface area contributed by atoms with Crippen LogP contribution in [0.25, 0.3) is 10.9 Å². The number of nitrogens with one attached hydrogen (secondary N) is 2. The smallest absolute Gasteiger partial charge is 0.0521 e. The number of aromatic nitrogens is 3. The van der Waals surface area contributed by atoms with Crippen LogP contribution in [0, 0.1) is 0 Å². The third-order valence-electron chi connectivity index (χ3n) is 3.71. The van der Waals surface area contributed by atoms with Crippen molar-refractivity contribution < 1.29 is 0 Å². The van der Waals surface area contributed by atoms with Gasteiger partial charge in [0.1, 0.15) is 0 Å². The van der Waals surface area contributed by atoms with Crippen molar-refractivity contribution in [2.75, 3.05) is 6.54 Å². The number of hydrogen-bond acceptors (Lipinski definition) is 2. The number of nitrogens with zero attached hydrogens (tertiary/aromatic N) is 2. The fraction of sp³-hybridized carbons (Fsp3) is 0.312. The molecule has 3 rings (SSSR count). The zero-order valence-electron chi connectivity index (χ0n) is 12.1. The lowest BCUT2D eigenvalue weighted by Gasteiger charge is -2.06. The molecule has 0 saturated heterocycles. The molecule has 5 heteroatoms. The third kappa shape index (κ3) is 3.12. The maximum Gasteiger partial charge on any atom is 0.0521 e. The van der Waals surface area contributed by atoms with E-state index in [0.29, 0.717) is 0 Å². The summed E-state index contributed by atoms with van der Waals surface area (Å²) in [5, 5.41) is 9.74. The number of hydrogen-bond donors (Lipinski definition) is 2. The molecule has 2 aromatic heterocycles. The molecule has 21 heavy (non-hydrogen) atoms. The van der Waals surface area contributed by atoms with E-state index in [1.54, 1.807) is 0 Å². The summed E-state index contributed by atoms with van der Waals surface area (Å²) < 4.78 is 2.01. The lowest BCUT2D eigenvalue weighted by atomic mass is 10.1. The minimum absolute atomic E-state index is 0.781. The molecule has 0 aliphatic rings. The van der Waals surface area contributed by atoms with Gasteiger partial charge in [0.25, 0.3) is 0 Å². The van der Waals surface area contributed by atoms with Crippen LogP contribution >= 0.6 is 11.6 Å². The van der Waals surface area contributed by atoms with E-state index in [2.05, 4.69) is 34.6 Å². The van der Waals surface area contributed by atoms with Crippen molar-refractivity contribution in [3.05, 3.63) is 52.9 Å². The molecule has 0 bridgehead atoms. The van der Waals surface area contributed by atoms with E-state index in [0.717, 1.165) is 36.6 Å². The number of aromatic amines is 1. The monoisotopic (exact) mass is 302 g/mol. The summed E-state index contributed by atoms with van der Waals surface area (Å²) in [6, 6.07) is 8.01. The molecule has 0 aliphatic carbocycles. The Morgan fingerprint density at radius 1 is 1.33 bits per heavy atom. The summed E-state index contributed by atoms with van der Waals surface area (Å²) in [6.45, 7) is 4.78. The average molecular weight is 303 g/mol. The first-order valence-electron chi connectivity index (χ1n) is 7.25. The first-order chi connectivity index (χ1) is 10.3. The van der Waals surface area contributed by atoms with Crippen LogP contribution in [0.5, 0.6) is 0 Å². The predicted octanol–water partition coefficient (Wildman–Crippen LogP) is 3.37. The molecule has 0 spiro atoms. The van der Waals surface area contributed by atoms with Crippen LogP contribution in [0.3, 0.4) is 0 Å². The normalized spacial score (nSPS) is 11.3. The second-order valence-corrected chi connectivity index (χ2v) is 5.51. The number of benzene rings is 1. The van der Waals surface area contributed by atoms with Gasteiger partial charge in [0.05, 0.1) is 5.69 Å². The van der Waals surface area contributed by atoms with Gasteiger partial charge < -0.3 is 10.3 Å². The third-order valence-corrected chi connectivity index (χ3v) is 3.95. The number of H-pyrrole nitrogens is 1. The van der Waals surface area contributed by atoms with E-state index in [9.17, 15) is 0 Å². The minimum atomic E-state index is 0.781. The molecule has 0 fully saturated rings. The van der Waals surface area contributed by atoms with E-state index >= 15 is 0 Å². The largest absolute Gasteiger partial charge is 0.361 e. The highest BCUT2D eigenvalue weighted by atomic mass is 35.5. The van der Waals surface area contributed by atoms with Crippen LogP contribution in [-0.4, -0.2) is 21.3 Å². The van der Waals surface area contributed by atoms with Crippen LogP contribution in [0.2, 0.25) is 5.02 Å². The Kier molecular flexibility index (Phi) is 4.27. The molecule has 110 valence electrons. The van der Waals surface area contributed by atoms with Gasteiger partial charge in [0, 0.05) is 41.4 Å². The molecule has 0 amide bonds. The fourth-order valence-electron chi connectivity index (χ4n) is 2.59. The molecule has 0 atom stereocenters. The van der Waals surface area contributed by atoms with Crippen molar-refractivity contribution in [2.45, 2.75) is 26.4 Å². The SMILES string of the molecule is CCn1nccc1CNCCc1c[nH]c2ccc(Cl)cc12. The Hall–Kier alpha value is -1.78. The first kappa shape index (κ1) is 14.2. The molecular formula is C16H19ClN4. The first-order valence-corrected chi connectivity index (χ1v) is 7.62. The van der Waals surface area contributed by atoms with Gasteiger partial charge in [-0.1, -0.05) is 11.6 Å². The summed E-state index contributed by atoms with van der Waals surface area (Å²) in [4.78, 5) is 3.29. The molecule has 3 aromatic rings. The standard InChI is InChI=1S/C16H19ClN4/c1-2-21-14(6-8-20-21)11-18-7-5-12-10-19-16-4-3-13(17)9-15(12)16/h3-4,6,8-10,18-19H,2,5,7,11H2,1H3. The number of aryl methyl sites for hydroxylation is 1. The zero-order valence-corrected chi connectivity index (χ0v) is 12.8. The van der Waals surface area contributed by atoms with Crippen molar-refractivity contribution in [3.63, 3.8) is 0 Å². The number of fused-ring (bicyclic) bond motifs is 1. The van der Waals surface area contributed by atoms with Crippen LogP contribution in [0.15, 0.2) is 36.7 Å². The number of rotatable bonds is 6. The maximum atomic E-state index is 6.07. The predicted molar refractivity (Wildman–Crippen MR) is 86.6 cm³/mol. The highest BCUT2D eigenvalue weighted by Crippen LogP contribution is 2.22. The van der Waals surface area contributed by atoms with Gasteiger partial charge in [-0.25, -0.2) is 0 Å². The van der Waals surface area contributed by atoms with Crippen LogP contribution in [0.1, 0.15) is 18.2 Å². The number of halogens is 1. The highest BCUT2D eigenvalue weighted by molar-refractivity contribution is 6.31. The van der Waals surface area contributed by atoms with Crippen LogP contribution in [-0.2, 0) is 19.5 Å². The lowest BCUT2D eigenvalue weighted by molar-refractivity contribution is 0.582. The van der Waals surface area contributed by atoms with Gasteiger partial charge >= 0.3 is 0 Å². The summed E-state index contributed by atoms with van der Waals surface area (Å²) in [5.41, 5.74) is 3.65. The highest BCUT2D eigenvalue weighted by Gasteiger charge is 2.05. The van der Waals surface area contributed by atoms with Gasteiger partial charge in [-0.15, -0.1) is 0 Å². The van der Waals surface area contributed by atoms with E-state index < -0.39 is 0 Å². The van der Waals surface area contributed by atoms with Gasteiger partial charge in [0.2, 0.25) is 0 Å². The van der Waals surface area contributed by atoms with Crippen LogP contribution in [0.4, 0.5) is 0 Å². The molecule has 2 N–H and O–H groups in total. The fourth-order valence-corrected chi connectivity index (χ4v) is 2.76. The topological polar surface area (TPSA) is 45.6 Å². The maximum absolute atomic E-state index is 6.07. The van der Waals surface area contributed by atoms with Crippen molar-refractivity contribution in [1.82, 2.24) is 20.1 Å². The molecule has 1 aromatic carbocycles. The summed E-state index contributed by atoms with van der Waals surface area (Å²) in [7, 11) is 0. The van der Waals surface area contributed by atoms with Crippen molar-refractivity contribution in [2.24, 2.45) is 0 Å². The van der Waals surface area contributed by atoms with E-state index in [-0.39, 0.29) is 0 Å². The molecular weight excluding hydrogens is 284 g/mol. The quantitative estimate of drug-likeness (QED) is 0.686. The summed E-state index contributed by atoms with van der Waals surface area (Å²) in [5.74, 6) is 0. The van der Waals surface area contributed by atoms with Crippen molar-refractivity contribution >= 4 is 22.5 Å². The lowest BCUT2D eigenvalue weighted by Crippen LogP contribution is -2.19. The Bertz CT molecular complexity index is 729. The Morgan fingerprint density at radius 3 is 3.10 bits per heavy atom. The zero-order chi connectivity index (χ0) is 14.7. The van der Waals surface area contributed by atoms with E-state index in [4.69, 9.17) is 11.6 Å². The molecule has 2 heterocycles. The van der Waals surface area contributed by atoms with Crippen molar-refractivity contribution in [1.29, 1.82) is 0 Å². The Labute approximate surface area is 129 Å². The average Bonchev–Trinajstić information content (AvgIpc) is 3.10. The van der Waals surface area contributed by atoms with Crippen LogP contribution < -0.4 is 5.32 Å². The Morgan fingerprint density at radius 2 is 2.24 bits per heavy atom. The minimum Gasteiger partial charge on any atom is -0.361 e. The Balaban J connectivity index is 1.58. The van der Waals surface area contributed by atoms with Crippen molar-refractivity contribution in [3.8, 4) is 0 Å². The molecule has 0 radical (unpaired) electrons. The van der Waals surface area contributed by atoms with Gasteiger partial charge in [0.15, 0.2) is 0 Å². The second kappa shape index (κ2) is 6.33. The van der Waals surface area contributed by atoms with Gasteiger partial charge in [-0.05, 0) is 49.7 Å². The van der Waals surface area contributed by atoms with E-state index in [1.807, 2.05) is 29.1 Å². The summed E-state index contributed by atoms with van der Waals surface area (Å²) in [6.07, 6.45) is 4.89. The van der Waals surface area contributed by atoms with E-state index in [1.165, 1.54) is 16.6 Å². The molecule has 0 unspecified atom stereocenters. The molecule has 4 nitrogen and oxygen atoms in total. The summed E-state index contributed by atoms with van der Waals surface area (Å²) >= 11 is 6.07. The van der Waals surface area contributed by atoms with Gasteiger partial charge in [-0.2, -0.15) is 5.10 Å².